The van der Waals surface area contributed by atoms with Crippen LogP contribution in [0.5, 0.6) is 0 Å². The van der Waals surface area contributed by atoms with Gasteiger partial charge in [0.2, 0.25) is 0 Å². The van der Waals surface area contributed by atoms with Gasteiger partial charge in [-0.1, -0.05) is 119 Å². The molecule has 5 aliphatic carbocycles. The van der Waals surface area contributed by atoms with Crippen LogP contribution in [0, 0.1) is 0 Å². The van der Waals surface area contributed by atoms with E-state index >= 15 is 0 Å². The molecule has 1 nitrogen and oxygen atoms in total. The van der Waals surface area contributed by atoms with Crippen molar-refractivity contribution in [2.24, 2.45) is 0 Å². The molecule has 1 aromatic carbocycles. The molecule has 45 heavy (non-hydrogen) atoms. The molecule has 6 heteroatoms. The van der Waals surface area contributed by atoms with Crippen LogP contribution in [-0.4, -0.2) is 34.8 Å². The summed E-state index contributed by atoms with van der Waals surface area (Å²) in [6, 6.07) is 7.49. The van der Waals surface area contributed by atoms with E-state index in [-0.39, 0.29) is 30.7 Å². The van der Waals surface area contributed by atoms with Crippen molar-refractivity contribution >= 4 is 37.3 Å². The molecule has 0 aromatic heterocycles. The SMILES string of the molecule is C1=CC2=Cc3cccc(CP(C4CCCCC4)C4CCCCC4)c3[N-]C2C(C[PH+](C2CCCCC2)C2CCCCC2)=C1.[Cl][RuH].[Co]. The van der Waals surface area contributed by atoms with Crippen LogP contribution in [-0.2, 0) is 40.3 Å². The third-order valence-electron chi connectivity index (χ3n) is 12.1. The maximum absolute atomic E-state index is 5.77. The van der Waals surface area contributed by atoms with Gasteiger partial charge in [-0.15, -0.1) is 5.69 Å². The Kier molecular flexibility index (Phi) is 15.6. The molecule has 7 rings (SSSR count). The molecule has 1 aromatic rings. The molecule has 4 fully saturated rings. The molecule has 1 heterocycles. The zero-order valence-corrected chi connectivity index (χ0v) is 33.0. The van der Waals surface area contributed by atoms with E-state index in [1.54, 1.807) is 28.4 Å². The van der Waals surface area contributed by atoms with E-state index in [9.17, 15) is 0 Å². The van der Waals surface area contributed by atoms with Crippen molar-refractivity contribution in [1.82, 2.24) is 0 Å². The van der Waals surface area contributed by atoms with Crippen molar-refractivity contribution in [1.29, 1.82) is 0 Å². The van der Waals surface area contributed by atoms with E-state index in [0.717, 1.165) is 22.6 Å². The molecule has 1 atom stereocenters. The number of halogens is 1. The summed E-state index contributed by atoms with van der Waals surface area (Å²) in [5.74, 6) is 0. The van der Waals surface area contributed by atoms with Crippen molar-refractivity contribution in [3.8, 4) is 0 Å². The maximum atomic E-state index is 5.77. The van der Waals surface area contributed by atoms with Crippen LogP contribution >= 0.6 is 25.5 Å². The second-order valence-electron chi connectivity index (χ2n) is 14.8. The molecule has 0 bridgehead atoms. The molecule has 0 saturated heterocycles. The molecule has 4 saturated carbocycles. The van der Waals surface area contributed by atoms with Crippen LogP contribution in [0.25, 0.3) is 11.4 Å². The second kappa shape index (κ2) is 19.1. The van der Waals surface area contributed by atoms with Crippen LogP contribution in [0.3, 0.4) is 0 Å². The Balaban J connectivity index is 0.00000131. The molecule has 1 radical (unpaired) electrons. The van der Waals surface area contributed by atoms with Gasteiger partial charge >= 0.3 is 27.0 Å². The number of fused-ring (bicyclic) bond motifs is 2. The van der Waals surface area contributed by atoms with Crippen LogP contribution in [0.2, 0.25) is 0 Å². The summed E-state index contributed by atoms with van der Waals surface area (Å²) in [5, 5.41) is 5.77. The average Bonchev–Trinajstić information content (AvgIpc) is 3.11. The summed E-state index contributed by atoms with van der Waals surface area (Å²) >= 11 is 1.62. The van der Waals surface area contributed by atoms with E-state index < -0.39 is 7.92 Å². The Morgan fingerprint density at radius 3 is 1.82 bits per heavy atom. The van der Waals surface area contributed by atoms with Crippen molar-refractivity contribution < 1.29 is 34.1 Å². The summed E-state index contributed by atoms with van der Waals surface area (Å²) < 4.78 is 0. The normalized spacial score (nSPS) is 24.9. The van der Waals surface area contributed by atoms with Crippen LogP contribution in [0.4, 0.5) is 5.69 Å². The first-order chi connectivity index (χ1) is 21.8. The van der Waals surface area contributed by atoms with Crippen molar-refractivity contribution in [2.75, 3.05) is 6.16 Å². The smallest absolute Gasteiger partial charge is 0 e. The Hall–Kier alpha value is 0.520. The van der Waals surface area contributed by atoms with Gasteiger partial charge in [-0.2, -0.15) is 0 Å². The first kappa shape index (κ1) is 36.8. The van der Waals surface area contributed by atoms with Gasteiger partial charge in [0.15, 0.2) is 0 Å². The van der Waals surface area contributed by atoms with Gasteiger partial charge < -0.3 is 5.32 Å². The minimum atomic E-state index is -0.414. The Morgan fingerprint density at radius 1 is 0.733 bits per heavy atom. The van der Waals surface area contributed by atoms with Gasteiger partial charge in [-0.3, -0.25) is 0 Å². The fourth-order valence-electron chi connectivity index (χ4n) is 9.82. The van der Waals surface area contributed by atoms with Gasteiger partial charge in [0.25, 0.3) is 0 Å². The van der Waals surface area contributed by atoms with Gasteiger partial charge in [0.05, 0.1) is 17.5 Å². The topological polar surface area (TPSA) is 14.1 Å². The molecule has 1 unspecified atom stereocenters. The standard InChI is InChI=1S/C39H56NP2.ClH.Co.Ru.H/c1-5-19-34(20-6-1)41(35-21-7-2-8-22-35)28-32-17-13-15-30-27-31-16-14-18-33(39(31)40-38(30)32)29-42(36-23-9-3-10-24-36)37-25-11-4-12-26-37;;;;/h13-18,27,34-38H,1-12,19-26,28-29H2;1H;;;/q-1;;;+1;. The number of rotatable bonds is 8. The van der Waals surface area contributed by atoms with E-state index in [1.807, 2.05) is 0 Å². The first-order valence-electron chi connectivity index (χ1n) is 18.5. The monoisotopic (exact) mass is 798 g/mol. The summed E-state index contributed by atoms with van der Waals surface area (Å²) in [4.78, 5) is 0. The molecular weight excluding hydrogens is 740 g/mol. The molecular formula is C39H58ClCoNP2Ru. The Bertz CT molecular complexity index is 1110. The summed E-state index contributed by atoms with van der Waals surface area (Å²) in [5.41, 5.74) is 11.6. The summed E-state index contributed by atoms with van der Waals surface area (Å²) in [6.45, 7) is 0. The fraction of sp³-hybridized carbons (Fsp3) is 0.692. The number of allylic oxidation sites excluding steroid dienone is 2. The van der Waals surface area contributed by atoms with Crippen molar-refractivity contribution in [3.63, 3.8) is 0 Å². The predicted octanol–water partition coefficient (Wildman–Crippen LogP) is 12.9. The fourth-order valence-corrected chi connectivity index (χ4v) is 18.0. The van der Waals surface area contributed by atoms with Crippen LogP contribution in [0.1, 0.15) is 140 Å². The first-order valence-corrected chi connectivity index (χ1v) is 24.4. The molecule has 0 spiro atoms. The number of para-hydroxylation sites is 1. The zero-order valence-electron chi connectivity index (χ0n) is 27.5. The molecule has 1 aliphatic heterocycles. The molecule has 0 N–H and O–H groups in total. The van der Waals surface area contributed by atoms with Gasteiger partial charge in [-0.25, -0.2) is 0 Å². The van der Waals surface area contributed by atoms with Gasteiger partial charge in [-0.05, 0) is 106 Å². The average molecular weight is 798 g/mol. The van der Waals surface area contributed by atoms with E-state index in [1.165, 1.54) is 158 Å². The van der Waals surface area contributed by atoms with Crippen LogP contribution in [0.15, 0.2) is 47.6 Å². The van der Waals surface area contributed by atoms with E-state index in [0.29, 0.717) is 0 Å². The summed E-state index contributed by atoms with van der Waals surface area (Å²) in [6.07, 6.45) is 42.5. The molecule has 6 aliphatic rings. The number of hydrogen-bond acceptors (Lipinski definition) is 0. The van der Waals surface area contributed by atoms with E-state index in [4.69, 9.17) is 5.32 Å². The quantitative estimate of drug-likeness (QED) is 0.184. The third kappa shape index (κ3) is 9.40. The minimum Gasteiger partial charge on any atom is 0 e. The Labute approximate surface area is 302 Å². The largest absolute Gasteiger partial charge is 0 e. The van der Waals surface area contributed by atoms with Crippen molar-refractivity contribution in [2.45, 2.75) is 163 Å². The van der Waals surface area contributed by atoms with Gasteiger partial charge in [0.1, 0.15) is 0 Å². The van der Waals surface area contributed by atoms with Crippen LogP contribution < -0.4 is 0 Å². The molecule has 0 amide bonds. The summed E-state index contributed by atoms with van der Waals surface area (Å²) in [7, 11) is 4.24. The minimum absolute atomic E-state index is 0. The van der Waals surface area contributed by atoms with Gasteiger partial charge in [0, 0.05) is 24.7 Å². The number of benzene rings is 1. The third-order valence-corrected chi connectivity index (χ3v) is 19.8. The van der Waals surface area contributed by atoms with Crippen molar-refractivity contribution in [3.05, 3.63) is 64.0 Å². The Morgan fingerprint density at radius 2 is 1.27 bits per heavy atom. The second-order valence-corrected chi connectivity index (χ2v) is 20.8. The van der Waals surface area contributed by atoms with E-state index in [2.05, 4.69) is 52.2 Å². The number of nitrogens with zero attached hydrogens (tertiary/aromatic N) is 1. The number of hydrogen-bond donors (Lipinski definition) is 0. The maximum Gasteiger partial charge on any atom is 0 e. The zero-order chi connectivity index (χ0) is 30.1. The predicted molar refractivity (Wildman–Crippen MR) is 197 cm³/mol. The molecule has 253 valence electrons.